The van der Waals surface area contributed by atoms with E-state index in [4.69, 9.17) is 5.41 Å². The molecule has 4 rings (SSSR count). The highest BCUT2D eigenvalue weighted by Gasteiger charge is 2.14. The summed E-state index contributed by atoms with van der Waals surface area (Å²) in [6, 6.07) is 8.94. The molecule has 1 aromatic carbocycles. The zero-order valence-corrected chi connectivity index (χ0v) is 16.2. The van der Waals surface area contributed by atoms with E-state index in [-0.39, 0.29) is 5.82 Å². The largest absolute Gasteiger partial charge is 0.338 e. The smallest absolute Gasteiger partial charge is 0.130 e. The molecule has 3 aromatic rings. The summed E-state index contributed by atoms with van der Waals surface area (Å²) in [6.07, 6.45) is 12.1. The first-order chi connectivity index (χ1) is 14.2. The van der Waals surface area contributed by atoms with E-state index in [1.54, 1.807) is 48.9 Å². The van der Waals surface area contributed by atoms with Crippen LogP contribution in [0.5, 0.6) is 0 Å². The first-order valence-electron chi connectivity index (χ1n) is 9.92. The number of likely N-dealkylation sites (tertiary alicyclic amines) is 1. The third-order valence-corrected chi connectivity index (χ3v) is 5.20. The fraction of sp³-hybridized carbons (Fsp3) is 0.261. The number of benzene rings is 1. The summed E-state index contributed by atoms with van der Waals surface area (Å²) in [5.41, 5.74) is 3.42. The van der Waals surface area contributed by atoms with E-state index in [2.05, 4.69) is 19.9 Å². The van der Waals surface area contributed by atoms with E-state index < -0.39 is 0 Å². The number of nitrogens with one attached hydrogen (secondary N) is 2. The number of pyridine rings is 1. The molecule has 0 amide bonds. The predicted molar refractivity (Wildman–Crippen MR) is 113 cm³/mol. The monoisotopic (exact) mass is 389 g/mol. The lowest BCUT2D eigenvalue weighted by atomic mass is 10.1. The molecule has 0 radical (unpaired) electrons. The number of aromatic nitrogens is 3. The molecule has 29 heavy (non-hydrogen) atoms. The zero-order valence-electron chi connectivity index (χ0n) is 16.2. The molecule has 1 saturated heterocycles. The van der Waals surface area contributed by atoms with Crippen LogP contribution in [0.1, 0.15) is 36.2 Å². The minimum absolute atomic E-state index is 0.181. The minimum atomic E-state index is -0.181. The van der Waals surface area contributed by atoms with E-state index in [0.29, 0.717) is 18.1 Å². The molecule has 1 aliphatic rings. The lowest BCUT2D eigenvalue weighted by Crippen LogP contribution is -2.29. The van der Waals surface area contributed by atoms with Crippen molar-refractivity contribution >= 4 is 11.8 Å². The number of piperidine rings is 1. The van der Waals surface area contributed by atoms with E-state index in [0.717, 1.165) is 35.5 Å². The minimum Gasteiger partial charge on any atom is -0.338 e. The van der Waals surface area contributed by atoms with Gasteiger partial charge in [0.2, 0.25) is 0 Å². The van der Waals surface area contributed by atoms with Crippen LogP contribution in [0.3, 0.4) is 0 Å². The van der Waals surface area contributed by atoms with Gasteiger partial charge in [0.1, 0.15) is 11.6 Å². The topological polar surface area (TPSA) is 68.7 Å². The van der Waals surface area contributed by atoms with Gasteiger partial charge in [-0.2, -0.15) is 0 Å². The Kier molecular flexibility index (Phi) is 5.91. The van der Waals surface area contributed by atoms with Gasteiger partial charge in [0.05, 0.1) is 17.6 Å². The molecule has 0 atom stereocenters. The molecule has 0 spiro atoms. The van der Waals surface area contributed by atoms with Gasteiger partial charge in [-0.05, 0) is 56.3 Å². The van der Waals surface area contributed by atoms with Crippen LogP contribution in [0.15, 0.2) is 55.0 Å². The molecule has 0 unspecified atom stereocenters. The van der Waals surface area contributed by atoms with E-state index >= 15 is 0 Å². The second-order valence-electron chi connectivity index (χ2n) is 7.31. The molecule has 1 aliphatic heterocycles. The molecule has 2 N–H and O–H groups in total. The second-order valence-corrected chi connectivity index (χ2v) is 7.31. The molecule has 1 fully saturated rings. The third kappa shape index (κ3) is 4.84. The standard InChI is InChI=1S/C23H24FN5/c24-20-14-18(4-5-19(20)16-29-12-2-1-3-13-29)22-15-27-23(28-22)7-6-21(25)17-8-10-26-11-9-17/h4-11,14-15,25H,1-3,12-13,16H2,(H,27,28)/b7-6-,25-21?. The average molecular weight is 389 g/mol. The van der Waals surface area contributed by atoms with E-state index in [1.165, 1.54) is 19.3 Å². The number of rotatable bonds is 6. The van der Waals surface area contributed by atoms with Crippen LogP contribution in [-0.2, 0) is 6.54 Å². The van der Waals surface area contributed by atoms with Crippen LogP contribution in [0, 0.1) is 11.2 Å². The van der Waals surface area contributed by atoms with Gasteiger partial charge in [-0.3, -0.25) is 9.88 Å². The summed E-state index contributed by atoms with van der Waals surface area (Å²) in [5, 5.41) is 8.10. The Labute approximate surface area is 169 Å². The van der Waals surface area contributed by atoms with Gasteiger partial charge in [-0.25, -0.2) is 9.37 Å². The highest BCUT2D eigenvalue weighted by molar-refractivity contribution is 6.08. The van der Waals surface area contributed by atoms with Crippen molar-refractivity contribution in [2.45, 2.75) is 25.8 Å². The molecular formula is C23H24FN5. The Balaban J connectivity index is 1.44. The number of hydrogen-bond acceptors (Lipinski definition) is 4. The van der Waals surface area contributed by atoms with Gasteiger partial charge in [0.15, 0.2) is 0 Å². The van der Waals surface area contributed by atoms with Crippen molar-refractivity contribution in [1.29, 1.82) is 5.41 Å². The molecule has 5 nitrogen and oxygen atoms in total. The van der Waals surface area contributed by atoms with Gasteiger partial charge in [-0.1, -0.05) is 18.6 Å². The number of halogens is 1. The normalized spacial score (nSPS) is 15.1. The van der Waals surface area contributed by atoms with Gasteiger partial charge in [-0.15, -0.1) is 0 Å². The number of imidazole rings is 1. The fourth-order valence-electron chi connectivity index (χ4n) is 3.56. The van der Waals surface area contributed by atoms with Crippen LogP contribution in [-0.4, -0.2) is 38.7 Å². The Bertz CT molecular complexity index is 1000. The molecule has 2 aromatic heterocycles. The summed E-state index contributed by atoms with van der Waals surface area (Å²) in [4.78, 5) is 13.8. The van der Waals surface area contributed by atoms with Crippen LogP contribution in [0.4, 0.5) is 4.39 Å². The number of H-pyrrole nitrogens is 1. The first-order valence-corrected chi connectivity index (χ1v) is 9.92. The van der Waals surface area contributed by atoms with Gasteiger partial charge < -0.3 is 10.4 Å². The lowest BCUT2D eigenvalue weighted by molar-refractivity contribution is 0.218. The molecule has 3 heterocycles. The van der Waals surface area contributed by atoms with Crippen molar-refractivity contribution < 1.29 is 4.39 Å². The maximum Gasteiger partial charge on any atom is 0.130 e. The SMILES string of the molecule is N=C(/C=C\c1ncc(-c2ccc(CN3CCCCC3)c(F)c2)[nH]1)c1ccncc1. The van der Waals surface area contributed by atoms with Gasteiger partial charge in [0.25, 0.3) is 0 Å². The Morgan fingerprint density at radius 2 is 1.93 bits per heavy atom. The highest BCUT2D eigenvalue weighted by atomic mass is 19.1. The molecular weight excluding hydrogens is 365 g/mol. The van der Waals surface area contributed by atoms with E-state index in [1.807, 2.05) is 12.1 Å². The van der Waals surface area contributed by atoms with Crippen molar-refractivity contribution in [3.63, 3.8) is 0 Å². The highest BCUT2D eigenvalue weighted by Crippen LogP contribution is 2.22. The Morgan fingerprint density at radius 3 is 2.69 bits per heavy atom. The van der Waals surface area contributed by atoms with Crippen LogP contribution >= 0.6 is 0 Å². The molecule has 0 aliphatic carbocycles. The summed E-state index contributed by atoms with van der Waals surface area (Å²) in [6.45, 7) is 2.76. The molecule has 6 heteroatoms. The Hall–Kier alpha value is -3.12. The van der Waals surface area contributed by atoms with Gasteiger partial charge in [0, 0.05) is 35.6 Å². The Morgan fingerprint density at radius 1 is 1.14 bits per heavy atom. The summed E-state index contributed by atoms with van der Waals surface area (Å²) < 4.78 is 14.6. The fourth-order valence-corrected chi connectivity index (χ4v) is 3.56. The first kappa shape index (κ1) is 19.2. The number of nitrogens with zero attached hydrogens (tertiary/aromatic N) is 3. The van der Waals surface area contributed by atoms with Crippen LogP contribution < -0.4 is 0 Å². The third-order valence-electron chi connectivity index (χ3n) is 5.20. The maximum atomic E-state index is 14.6. The molecule has 0 saturated carbocycles. The average Bonchev–Trinajstić information content (AvgIpc) is 3.24. The van der Waals surface area contributed by atoms with Crippen molar-refractivity contribution in [3.05, 3.63) is 77.8 Å². The number of allylic oxidation sites excluding steroid dienone is 1. The number of aromatic amines is 1. The van der Waals surface area contributed by atoms with Gasteiger partial charge >= 0.3 is 0 Å². The maximum absolute atomic E-state index is 14.6. The second kappa shape index (κ2) is 8.92. The predicted octanol–water partition coefficient (Wildman–Crippen LogP) is 4.68. The van der Waals surface area contributed by atoms with Crippen molar-refractivity contribution in [1.82, 2.24) is 19.9 Å². The summed E-state index contributed by atoms with van der Waals surface area (Å²) in [7, 11) is 0. The molecule has 0 bridgehead atoms. The quantitative estimate of drug-likeness (QED) is 0.602. The van der Waals surface area contributed by atoms with Crippen LogP contribution in [0.2, 0.25) is 0 Å². The van der Waals surface area contributed by atoms with E-state index in [9.17, 15) is 4.39 Å². The molecule has 148 valence electrons. The number of hydrogen-bond donors (Lipinski definition) is 2. The summed E-state index contributed by atoms with van der Waals surface area (Å²) >= 11 is 0. The van der Waals surface area contributed by atoms with Crippen molar-refractivity contribution in [2.24, 2.45) is 0 Å². The van der Waals surface area contributed by atoms with Crippen molar-refractivity contribution in [3.8, 4) is 11.3 Å². The lowest BCUT2D eigenvalue weighted by Gasteiger charge is -2.26. The summed E-state index contributed by atoms with van der Waals surface area (Å²) in [5.74, 6) is 0.441. The zero-order chi connectivity index (χ0) is 20.1. The van der Waals surface area contributed by atoms with Crippen molar-refractivity contribution in [2.75, 3.05) is 13.1 Å². The van der Waals surface area contributed by atoms with Crippen LogP contribution in [0.25, 0.3) is 17.3 Å².